The molecule has 0 aromatic heterocycles. The highest BCUT2D eigenvalue weighted by Crippen LogP contribution is 2.20. The summed E-state index contributed by atoms with van der Waals surface area (Å²) in [5.41, 5.74) is 1.18. The Balaban J connectivity index is 2.12. The second kappa shape index (κ2) is 5.78. The predicted molar refractivity (Wildman–Crippen MR) is 75.8 cm³/mol. The molecule has 1 aromatic rings. The second-order valence-corrected chi connectivity index (χ2v) is 6.42. The van der Waals surface area contributed by atoms with Gasteiger partial charge >= 0.3 is 10.2 Å². The minimum atomic E-state index is -3.52. The molecule has 110 valence electrons. The summed E-state index contributed by atoms with van der Waals surface area (Å²) in [4.78, 5) is 13.3. The van der Waals surface area contributed by atoms with Crippen molar-refractivity contribution in [3.8, 4) is 0 Å². The van der Waals surface area contributed by atoms with Gasteiger partial charge in [-0.15, -0.1) is 0 Å². The first kappa shape index (κ1) is 14.8. The molecule has 0 atom stereocenters. The Morgan fingerprint density at radius 2 is 1.90 bits per heavy atom. The quantitative estimate of drug-likeness (QED) is 0.865. The van der Waals surface area contributed by atoms with Crippen LogP contribution in [0.2, 0.25) is 0 Å². The van der Waals surface area contributed by atoms with Crippen molar-refractivity contribution in [1.29, 1.82) is 0 Å². The van der Waals surface area contributed by atoms with Crippen LogP contribution in [0.1, 0.15) is 0 Å². The second-order valence-electron chi connectivity index (χ2n) is 4.53. The van der Waals surface area contributed by atoms with Crippen molar-refractivity contribution in [3.63, 3.8) is 0 Å². The molecule has 8 heteroatoms. The number of carbonyl (C=O) groups excluding carboxylic acids is 1. The van der Waals surface area contributed by atoms with Gasteiger partial charge < -0.3 is 9.64 Å². The van der Waals surface area contributed by atoms with Crippen LogP contribution in [0, 0.1) is 0 Å². The van der Waals surface area contributed by atoms with E-state index in [9.17, 15) is 13.2 Å². The topological polar surface area (TPSA) is 79.0 Å². The molecule has 1 N–H and O–H groups in total. The van der Waals surface area contributed by atoms with Gasteiger partial charge in [0, 0.05) is 32.0 Å². The number of benzene rings is 1. The van der Waals surface area contributed by atoms with E-state index in [0.717, 1.165) is 9.99 Å². The van der Waals surface area contributed by atoms with Crippen molar-refractivity contribution in [3.05, 3.63) is 24.3 Å². The molecule has 1 aromatic carbocycles. The first-order chi connectivity index (χ1) is 9.40. The van der Waals surface area contributed by atoms with Gasteiger partial charge in [0.2, 0.25) is 0 Å². The highest BCUT2D eigenvalue weighted by molar-refractivity contribution is 7.90. The predicted octanol–water partition coefficient (Wildman–Crippen LogP) is 0.268. The molecule has 1 saturated heterocycles. The Kier molecular flexibility index (Phi) is 4.26. The molecular weight excluding hydrogens is 282 g/mol. The number of amides is 1. The van der Waals surface area contributed by atoms with Gasteiger partial charge in [-0.3, -0.25) is 9.52 Å². The average molecular weight is 299 g/mol. The van der Waals surface area contributed by atoms with Crippen molar-refractivity contribution in [2.45, 2.75) is 0 Å². The first-order valence-corrected chi connectivity index (χ1v) is 7.52. The molecule has 1 fully saturated rings. The van der Waals surface area contributed by atoms with Crippen LogP contribution in [0.15, 0.2) is 24.3 Å². The zero-order valence-corrected chi connectivity index (χ0v) is 12.2. The summed E-state index contributed by atoms with van der Waals surface area (Å²) in [6, 6.07) is 6.66. The lowest BCUT2D eigenvalue weighted by Crippen LogP contribution is -2.41. The van der Waals surface area contributed by atoms with Crippen LogP contribution in [0.5, 0.6) is 0 Å². The lowest BCUT2D eigenvalue weighted by molar-refractivity contribution is -0.125. The zero-order chi connectivity index (χ0) is 14.8. The number of hydrogen-bond acceptors (Lipinski definition) is 4. The van der Waals surface area contributed by atoms with Crippen LogP contribution in [0.4, 0.5) is 11.4 Å². The third-order valence-corrected chi connectivity index (χ3v) is 4.35. The van der Waals surface area contributed by atoms with Gasteiger partial charge in [-0.2, -0.15) is 12.7 Å². The van der Waals surface area contributed by atoms with E-state index in [2.05, 4.69) is 4.72 Å². The Morgan fingerprint density at radius 3 is 2.45 bits per heavy atom. The van der Waals surface area contributed by atoms with Crippen molar-refractivity contribution in [1.82, 2.24) is 4.31 Å². The maximum Gasteiger partial charge on any atom is 0.301 e. The van der Waals surface area contributed by atoms with Crippen LogP contribution in [0.25, 0.3) is 0 Å². The maximum atomic E-state index is 11.7. The summed E-state index contributed by atoms with van der Waals surface area (Å²) in [5.74, 6) is -0.0992. The number of hydrogen-bond donors (Lipinski definition) is 1. The summed E-state index contributed by atoms with van der Waals surface area (Å²) >= 11 is 0. The Bertz CT molecular complexity index is 583. The number of nitrogens with zero attached hydrogens (tertiary/aromatic N) is 2. The van der Waals surface area contributed by atoms with Gasteiger partial charge in [-0.25, -0.2) is 0 Å². The van der Waals surface area contributed by atoms with Crippen molar-refractivity contribution >= 4 is 27.5 Å². The van der Waals surface area contributed by atoms with Crippen LogP contribution >= 0.6 is 0 Å². The minimum absolute atomic E-state index is 0.0784. The van der Waals surface area contributed by atoms with Crippen LogP contribution in [-0.4, -0.2) is 52.5 Å². The summed E-state index contributed by atoms with van der Waals surface area (Å²) in [5, 5.41) is 0. The van der Waals surface area contributed by atoms with Crippen LogP contribution < -0.4 is 9.62 Å². The molecule has 7 nitrogen and oxygen atoms in total. The number of morpholine rings is 1. The number of anilines is 2. The Labute approximate surface area is 118 Å². The molecule has 1 aliphatic rings. The van der Waals surface area contributed by atoms with E-state index in [1.807, 2.05) is 0 Å². The van der Waals surface area contributed by atoms with Crippen molar-refractivity contribution < 1.29 is 17.9 Å². The average Bonchev–Trinajstić information content (AvgIpc) is 2.40. The number of rotatable bonds is 4. The number of nitrogens with one attached hydrogen (secondary N) is 1. The molecular formula is C12H17N3O4S. The lowest BCUT2D eigenvalue weighted by Gasteiger charge is -2.27. The zero-order valence-electron chi connectivity index (χ0n) is 11.4. The first-order valence-electron chi connectivity index (χ1n) is 6.08. The molecule has 20 heavy (non-hydrogen) atoms. The number of ether oxygens (including phenoxy) is 1. The lowest BCUT2D eigenvalue weighted by atomic mass is 10.2. The summed E-state index contributed by atoms with van der Waals surface area (Å²) in [6.45, 7) is 1.08. The van der Waals surface area contributed by atoms with E-state index in [0.29, 0.717) is 18.8 Å². The molecule has 0 saturated carbocycles. The van der Waals surface area contributed by atoms with Gasteiger partial charge in [0.25, 0.3) is 5.91 Å². The van der Waals surface area contributed by atoms with Crippen molar-refractivity contribution in [2.24, 2.45) is 0 Å². The fourth-order valence-electron chi connectivity index (χ4n) is 1.74. The van der Waals surface area contributed by atoms with E-state index in [1.165, 1.54) is 14.1 Å². The third-order valence-electron chi connectivity index (χ3n) is 2.89. The van der Waals surface area contributed by atoms with Crippen LogP contribution in [0.3, 0.4) is 0 Å². The fraction of sp³-hybridized carbons (Fsp3) is 0.417. The SMILES string of the molecule is CN(C)S(=O)(=O)Nc1ccc(N2CCOCC2=O)cc1. The Morgan fingerprint density at radius 1 is 1.25 bits per heavy atom. The summed E-state index contributed by atoms with van der Waals surface area (Å²) in [7, 11) is -0.622. The van der Waals surface area contributed by atoms with Gasteiger partial charge in [0.05, 0.1) is 6.61 Å². The van der Waals surface area contributed by atoms with E-state index >= 15 is 0 Å². The normalized spacial score (nSPS) is 16.6. The van der Waals surface area contributed by atoms with Gasteiger partial charge in [0.15, 0.2) is 0 Å². The molecule has 1 amide bonds. The Hall–Kier alpha value is -1.64. The van der Waals surface area contributed by atoms with Crippen molar-refractivity contribution in [2.75, 3.05) is 43.5 Å². The molecule has 0 aliphatic carbocycles. The smallest absolute Gasteiger partial charge is 0.301 e. The fourth-order valence-corrected chi connectivity index (χ4v) is 2.36. The monoisotopic (exact) mass is 299 g/mol. The minimum Gasteiger partial charge on any atom is -0.370 e. The largest absolute Gasteiger partial charge is 0.370 e. The molecule has 0 unspecified atom stereocenters. The van der Waals surface area contributed by atoms with E-state index < -0.39 is 10.2 Å². The molecule has 2 rings (SSSR count). The molecule has 0 spiro atoms. The summed E-state index contributed by atoms with van der Waals surface area (Å²) in [6.07, 6.45) is 0. The van der Waals surface area contributed by atoms with E-state index in [1.54, 1.807) is 29.2 Å². The molecule has 1 heterocycles. The van der Waals surface area contributed by atoms with Gasteiger partial charge in [-0.1, -0.05) is 0 Å². The standard InChI is InChI=1S/C12H17N3O4S/c1-14(2)20(17,18)13-10-3-5-11(6-4-10)15-7-8-19-9-12(15)16/h3-6,13H,7-9H2,1-2H3. The van der Waals surface area contributed by atoms with E-state index in [-0.39, 0.29) is 12.5 Å². The van der Waals surface area contributed by atoms with Crippen LogP contribution in [-0.2, 0) is 19.7 Å². The third kappa shape index (κ3) is 3.27. The number of carbonyl (C=O) groups is 1. The molecule has 0 bridgehead atoms. The molecule has 1 aliphatic heterocycles. The highest BCUT2D eigenvalue weighted by Gasteiger charge is 2.20. The highest BCUT2D eigenvalue weighted by atomic mass is 32.2. The van der Waals surface area contributed by atoms with Gasteiger partial charge in [0.1, 0.15) is 6.61 Å². The van der Waals surface area contributed by atoms with Gasteiger partial charge in [-0.05, 0) is 24.3 Å². The molecule has 0 radical (unpaired) electrons. The van der Waals surface area contributed by atoms with E-state index in [4.69, 9.17) is 4.74 Å². The maximum absolute atomic E-state index is 11.7. The summed E-state index contributed by atoms with van der Waals surface area (Å²) < 4.78 is 31.9.